The lowest BCUT2D eigenvalue weighted by Gasteiger charge is -2.37. The van der Waals surface area contributed by atoms with E-state index in [0.717, 1.165) is 17.7 Å². The zero-order valence-electron chi connectivity index (χ0n) is 14.0. The topological polar surface area (TPSA) is 41.6 Å². The number of nitrogens with zero attached hydrogens (tertiary/aromatic N) is 1. The number of carbonyl (C=O) groups excluding carboxylic acids is 1. The Balaban J connectivity index is 1.56. The number of benzene rings is 2. The predicted molar refractivity (Wildman–Crippen MR) is 94.3 cm³/mol. The van der Waals surface area contributed by atoms with Crippen molar-refractivity contribution in [2.24, 2.45) is 0 Å². The van der Waals surface area contributed by atoms with E-state index in [1.807, 2.05) is 53.4 Å². The van der Waals surface area contributed by atoms with Crippen LogP contribution in [0.5, 0.6) is 0 Å². The maximum absolute atomic E-state index is 12.7. The number of rotatable bonds is 6. The third-order valence-corrected chi connectivity index (χ3v) is 4.20. The summed E-state index contributed by atoms with van der Waals surface area (Å²) in [5.74, 6) is 0.116. The molecule has 1 amide bonds. The fourth-order valence-corrected chi connectivity index (χ4v) is 3.04. The standard InChI is InChI=1S/C20H24N2O2/c1-16-12-22(13-17-8-4-2-5-9-17)20(23)19(21-16)15-24-14-18-10-6-3-7-11-18/h2-11,16,19,21H,12-15H2,1H3/t16-,19-/m0/s1. The average Bonchev–Trinajstić information content (AvgIpc) is 2.60. The molecule has 1 saturated heterocycles. The summed E-state index contributed by atoms with van der Waals surface area (Å²) in [6.07, 6.45) is 0. The van der Waals surface area contributed by atoms with Gasteiger partial charge in [0.25, 0.3) is 0 Å². The molecule has 1 heterocycles. The second-order valence-electron chi connectivity index (χ2n) is 6.33. The van der Waals surface area contributed by atoms with E-state index >= 15 is 0 Å². The monoisotopic (exact) mass is 324 g/mol. The highest BCUT2D eigenvalue weighted by atomic mass is 16.5. The van der Waals surface area contributed by atoms with Gasteiger partial charge in [0.1, 0.15) is 6.04 Å². The molecule has 0 spiro atoms. The van der Waals surface area contributed by atoms with Crippen molar-refractivity contribution in [1.82, 2.24) is 10.2 Å². The maximum atomic E-state index is 12.7. The zero-order chi connectivity index (χ0) is 16.8. The molecular weight excluding hydrogens is 300 g/mol. The molecular formula is C20H24N2O2. The summed E-state index contributed by atoms with van der Waals surface area (Å²) in [7, 11) is 0. The highest BCUT2D eigenvalue weighted by Crippen LogP contribution is 2.12. The highest BCUT2D eigenvalue weighted by molar-refractivity contribution is 5.83. The van der Waals surface area contributed by atoms with Gasteiger partial charge in [-0.05, 0) is 18.1 Å². The van der Waals surface area contributed by atoms with E-state index in [4.69, 9.17) is 4.74 Å². The van der Waals surface area contributed by atoms with E-state index in [1.54, 1.807) is 0 Å². The fourth-order valence-electron chi connectivity index (χ4n) is 3.04. The summed E-state index contributed by atoms with van der Waals surface area (Å²) >= 11 is 0. The second kappa shape index (κ2) is 8.08. The summed E-state index contributed by atoms with van der Waals surface area (Å²) < 4.78 is 5.77. The third-order valence-electron chi connectivity index (χ3n) is 4.20. The number of hydrogen-bond acceptors (Lipinski definition) is 3. The van der Waals surface area contributed by atoms with Crippen LogP contribution in [0, 0.1) is 0 Å². The normalized spacial score (nSPS) is 21.0. The van der Waals surface area contributed by atoms with Crippen LogP contribution in [0.4, 0.5) is 0 Å². The first-order valence-electron chi connectivity index (χ1n) is 8.43. The molecule has 1 fully saturated rings. The highest BCUT2D eigenvalue weighted by Gasteiger charge is 2.31. The third kappa shape index (κ3) is 4.43. The van der Waals surface area contributed by atoms with Gasteiger partial charge in [0.2, 0.25) is 5.91 Å². The van der Waals surface area contributed by atoms with E-state index < -0.39 is 0 Å². The van der Waals surface area contributed by atoms with Crippen LogP contribution in [0.15, 0.2) is 60.7 Å². The van der Waals surface area contributed by atoms with Gasteiger partial charge >= 0.3 is 0 Å². The minimum absolute atomic E-state index is 0.116. The summed E-state index contributed by atoms with van der Waals surface area (Å²) in [5.41, 5.74) is 2.28. The molecule has 1 aliphatic heterocycles. The maximum Gasteiger partial charge on any atom is 0.242 e. The molecule has 0 bridgehead atoms. The van der Waals surface area contributed by atoms with Crippen LogP contribution in [0.2, 0.25) is 0 Å². The summed E-state index contributed by atoms with van der Waals surface area (Å²) in [6, 6.07) is 20.1. The summed E-state index contributed by atoms with van der Waals surface area (Å²) in [4.78, 5) is 14.6. The van der Waals surface area contributed by atoms with Gasteiger partial charge in [0.15, 0.2) is 0 Å². The summed E-state index contributed by atoms with van der Waals surface area (Å²) in [6.45, 7) is 4.40. The molecule has 126 valence electrons. The van der Waals surface area contributed by atoms with E-state index in [0.29, 0.717) is 19.8 Å². The van der Waals surface area contributed by atoms with Gasteiger partial charge < -0.3 is 9.64 Å². The molecule has 0 aromatic heterocycles. The van der Waals surface area contributed by atoms with Gasteiger partial charge in [-0.2, -0.15) is 0 Å². The lowest BCUT2D eigenvalue weighted by Crippen LogP contribution is -2.60. The molecule has 0 radical (unpaired) electrons. The van der Waals surface area contributed by atoms with E-state index in [1.165, 1.54) is 0 Å². The van der Waals surface area contributed by atoms with Crippen molar-refractivity contribution in [3.05, 3.63) is 71.8 Å². The Bertz CT molecular complexity index is 645. The van der Waals surface area contributed by atoms with Crippen LogP contribution in [-0.2, 0) is 22.7 Å². The van der Waals surface area contributed by atoms with Crippen LogP contribution >= 0.6 is 0 Å². The predicted octanol–water partition coefficient (Wildman–Crippen LogP) is 2.59. The molecule has 1 N–H and O–H groups in total. The number of carbonyl (C=O) groups is 1. The van der Waals surface area contributed by atoms with Gasteiger partial charge in [-0.1, -0.05) is 60.7 Å². The first-order chi connectivity index (χ1) is 11.7. The number of hydrogen-bond donors (Lipinski definition) is 1. The molecule has 0 unspecified atom stereocenters. The molecule has 0 aliphatic carbocycles. The van der Waals surface area contributed by atoms with Crippen molar-refractivity contribution in [1.29, 1.82) is 0 Å². The largest absolute Gasteiger partial charge is 0.375 e. The van der Waals surface area contributed by atoms with Crippen LogP contribution in [0.3, 0.4) is 0 Å². The molecule has 2 atom stereocenters. The van der Waals surface area contributed by atoms with Crippen molar-refractivity contribution in [2.75, 3.05) is 13.2 Å². The quantitative estimate of drug-likeness (QED) is 0.888. The van der Waals surface area contributed by atoms with Crippen molar-refractivity contribution < 1.29 is 9.53 Å². The van der Waals surface area contributed by atoms with Gasteiger partial charge in [-0.3, -0.25) is 10.1 Å². The van der Waals surface area contributed by atoms with Gasteiger partial charge in [0.05, 0.1) is 13.2 Å². The first kappa shape index (κ1) is 16.7. The molecule has 2 aromatic rings. The Morgan fingerprint density at radius 2 is 1.67 bits per heavy atom. The summed E-state index contributed by atoms with van der Waals surface area (Å²) in [5, 5.41) is 3.35. The van der Waals surface area contributed by atoms with Crippen LogP contribution in [0.25, 0.3) is 0 Å². The van der Waals surface area contributed by atoms with Gasteiger partial charge in [0, 0.05) is 19.1 Å². The van der Waals surface area contributed by atoms with Crippen LogP contribution < -0.4 is 5.32 Å². The van der Waals surface area contributed by atoms with Crippen molar-refractivity contribution in [2.45, 2.75) is 32.2 Å². The Morgan fingerprint density at radius 1 is 1.04 bits per heavy atom. The molecule has 24 heavy (non-hydrogen) atoms. The van der Waals surface area contributed by atoms with Crippen molar-refractivity contribution in [3.8, 4) is 0 Å². The van der Waals surface area contributed by atoms with E-state index in [9.17, 15) is 4.79 Å². The minimum atomic E-state index is -0.277. The van der Waals surface area contributed by atoms with Crippen molar-refractivity contribution in [3.63, 3.8) is 0 Å². The Hall–Kier alpha value is -2.17. The Labute approximate surface area is 143 Å². The zero-order valence-corrected chi connectivity index (χ0v) is 14.0. The molecule has 3 rings (SSSR count). The average molecular weight is 324 g/mol. The van der Waals surface area contributed by atoms with Gasteiger partial charge in [-0.15, -0.1) is 0 Å². The molecule has 0 saturated carbocycles. The minimum Gasteiger partial charge on any atom is -0.375 e. The van der Waals surface area contributed by atoms with E-state index in [2.05, 4.69) is 24.4 Å². The lowest BCUT2D eigenvalue weighted by molar-refractivity contribution is -0.139. The van der Waals surface area contributed by atoms with Gasteiger partial charge in [-0.25, -0.2) is 0 Å². The Kier molecular flexibility index (Phi) is 5.62. The number of piperazine rings is 1. The van der Waals surface area contributed by atoms with E-state index in [-0.39, 0.29) is 18.0 Å². The molecule has 4 heteroatoms. The lowest BCUT2D eigenvalue weighted by atomic mass is 10.1. The fraction of sp³-hybridized carbons (Fsp3) is 0.350. The smallest absolute Gasteiger partial charge is 0.242 e. The first-order valence-corrected chi connectivity index (χ1v) is 8.43. The SMILES string of the molecule is C[C@H]1CN(Cc2ccccc2)C(=O)[C@H](COCc2ccccc2)N1. The number of amides is 1. The second-order valence-corrected chi connectivity index (χ2v) is 6.33. The molecule has 1 aliphatic rings. The molecule has 2 aromatic carbocycles. The Morgan fingerprint density at radius 3 is 2.33 bits per heavy atom. The van der Waals surface area contributed by atoms with Crippen LogP contribution in [-0.4, -0.2) is 36.0 Å². The van der Waals surface area contributed by atoms with Crippen LogP contribution in [0.1, 0.15) is 18.1 Å². The number of ether oxygens (including phenoxy) is 1. The number of nitrogens with one attached hydrogen (secondary N) is 1. The molecule has 4 nitrogen and oxygen atoms in total. The van der Waals surface area contributed by atoms with Crippen molar-refractivity contribution >= 4 is 5.91 Å².